The zero-order valence-corrected chi connectivity index (χ0v) is 17.5. The first-order valence-corrected chi connectivity index (χ1v) is 10.6. The first kappa shape index (κ1) is 26.1. The second-order valence-corrected chi connectivity index (χ2v) is 7.27. The number of carbonyl (C=O) groups is 3. The van der Waals surface area contributed by atoms with Crippen molar-refractivity contribution >= 4 is 17.9 Å². The minimum atomic E-state index is -0.714. The molecule has 0 aromatic heterocycles. The summed E-state index contributed by atoms with van der Waals surface area (Å²) < 4.78 is 10.2. The van der Waals surface area contributed by atoms with Crippen LogP contribution in [-0.4, -0.2) is 36.2 Å². The predicted octanol–water partition coefficient (Wildman–Crippen LogP) is 5.19. The van der Waals surface area contributed by atoms with Crippen LogP contribution in [0.25, 0.3) is 0 Å². The summed E-state index contributed by atoms with van der Waals surface area (Å²) in [4.78, 5) is 33.2. The maximum absolute atomic E-state index is 11.6. The van der Waals surface area contributed by atoms with Gasteiger partial charge in [-0.3, -0.25) is 9.59 Å². The zero-order valence-electron chi connectivity index (χ0n) is 17.5. The summed E-state index contributed by atoms with van der Waals surface area (Å²) in [6.45, 7) is 6.02. The number of hydrogen-bond acceptors (Lipinski definition) is 5. The van der Waals surface area contributed by atoms with Crippen molar-refractivity contribution in [3.63, 3.8) is 0 Å². The van der Waals surface area contributed by atoms with Gasteiger partial charge in [-0.25, -0.2) is 4.79 Å². The predicted molar refractivity (Wildman–Crippen MR) is 109 cm³/mol. The lowest BCUT2D eigenvalue weighted by Crippen LogP contribution is -2.07. The molecule has 0 unspecified atom stereocenters. The van der Waals surface area contributed by atoms with Crippen molar-refractivity contribution in [2.75, 3.05) is 13.2 Å². The molecular weight excluding hydrogens is 360 g/mol. The third kappa shape index (κ3) is 18.9. The lowest BCUT2D eigenvalue weighted by molar-refractivity contribution is -0.144. The van der Waals surface area contributed by atoms with Crippen LogP contribution in [0.4, 0.5) is 0 Å². The van der Waals surface area contributed by atoms with Crippen LogP contribution in [0, 0.1) is 0 Å². The Kier molecular flexibility index (Phi) is 17.3. The van der Waals surface area contributed by atoms with Gasteiger partial charge in [0, 0.05) is 18.4 Å². The van der Waals surface area contributed by atoms with E-state index in [2.05, 4.69) is 6.58 Å². The van der Waals surface area contributed by atoms with E-state index in [0.29, 0.717) is 25.2 Å². The highest BCUT2D eigenvalue weighted by Crippen LogP contribution is 2.11. The highest BCUT2D eigenvalue weighted by Gasteiger charge is 2.04. The Bertz CT molecular complexity index is 458. The first-order chi connectivity index (χ1) is 13.4. The molecule has 0 saturated heterocycles. The molecule has 0 bridgehead atoms. The molecular formula is C22H38O6. The molecule has 0 rings (SSSR count). The monoisotopic (exact) mass is 398 g/mol. The van der Waals surface area contributed by atoms with E-state index in [1.54, 1.807) is 6.92 Å². The zero-order chi connectivity index (χ0) is 21.0. The van der Waals surface area contributed by atoms with Crippen LogP contribution < -0.4 is 0 Å². The van der Waals surface area contributed by atoms with E-state index in [4.69, 9.17) is 14.6 Å². The van der Waals surface area contributed by atoms with Crippen molar-refractivity contribution in [3.8, 4) is 0 Å². The summed E-state index contributed by atoms with van der Waals surface area (Å²) in [7, 11) is 0. The van der Waals surface area contributed by atoms with Crippen LogP contribution >= 0.6 is 0 Å². The van der Waals surface area contributed by atoms with E-state index in [1.165, 1.54) is 0 Å². The van der Waals surface area contributed by atoms with E-state index in [0.717, 1.165) is 77.0 Å². The van der Waals surface area contributed by atoms with E-state index in [9.17, 15) is 14.4 Å². The number of carboxylic acids is 1. The van der Waals surface area contributed by atoms with Gasteiger partial charge in [-0.1, -0.05) is 45.1 Å². The van der Waals surface area contributed by atoms with Crippen LogP contribution in [0.3, 0.4) is 0 Å². The first-order valence-electron chi connectivity index (χ1n) is 10.6. The maximum Gasteiger partial charge on any atom is 0.333 e. The molecule has 0 saturated carbocycles. The molecule has 0 amide bonds. The average Bonchev–Trinajstić information content (AvgIpc) is 2.64. The molecule has 0 heterocycles. The van der Waals surface area contributed by atoms with Crippen LogP contribution in [-0.2, 0) is 23.9 Å². The van der Waals surface area contributed by atoms with E-state index < -0.39 is 5.97 Å². The fourth-order valence-electron chi connectivity index (χ4n) is 2.71. The molecule has 28 heavy (non-hydrogen) atoms. The molecule has 6 heteroatoms. The fourth-order valence-corrected chi connectivity index (χ4v) is 2.71. The van der Waals surface area contributed by atoms with Gasteiger partial charge in [-0.2, -0.15) is 0 Å². The largest absolute Gasteiger partial charge is 0.481 e. The van der Waals surface area contributed by atoms with Gasteiger partial charge in [-0.05, 0) is 45.4 Å². The smallest absolute Gasteiger partial charge is 0.333 e. The summed E-state index contributed by atoms with van der Waals surface area (Å²) >= 11 is 0. The maximum atomic E-state index is 11.6. The van der Waals surface area contributed by atoms with Gasteiger partial charge in [0.05, 0.1) is 13.2 Å². The van der Waals surface area contributed by atoms with Gasteiger partial charge in [0.1, 0.15) is 0 Å². The summed E-state index contributed by atoms with van der Waals surface area (Å²) in [6.07, 6.45) is 12.4. The fraction of sp³-hybridized carbons (Fsp3) is 0.773. The summed E-state index contributed by atoms with van der Waals surface area (Å²) in [5, 5.41) is 8.55. The van der Waals surface area contributed by atoms with Gasteiger partial charge in [-0.15, -0.1) is 0 Å². The Balaban J connectivity index is 3.26. The van der Waals surface area contributed by atoms with Crippen LogP contribution in [0.5, 0.6) is 0 Å². The van der Waals surface area contributed by atoms with Gasteiger partial charge in [0.2, 0.25) is 0 Å². The number of aliphatic carboxylic acids is 1. The lowest BCUT2D eigenvalue weighted by atomic mass is 10.1. The molecule has 0 atom stereocenters. The summed E-state index contributed by atoms with van der Waals surface area (Å²) in [5.41, 5.74) is 0.417. The lowest BCUT2D eigenvalue weighted by Gasteiger charge is -2.06. The molecule has 0 aromatic rings. The third-order valence-electron chi connectivity index (χ3n) is 4.40. The molecule has 1 N–H and O–H groups in total. The van der Waals surface area contributed by atoms with Crippen LogP contribution in [0.15, 0.2) is 12.2 Å². The Morgan fingerprint density at radius 1 is 0.679 bits per heavy atom. The third-order valence-corrected chi connectivity index (χ3v) is 4.40. The standard InChI is InChI=1S/C22H38O6/c1-19(2)22(26)28-18-14-10-9-13-17-27-21(25)16-12-8-6-4-3-5-7-11-15-20(23)24/h1,3-18H2,2H3,(H,23,24). The van der Waals surface area contributed by atoms with Gasteiger partial charge in [0.25, 0.3) is 0 Å². The van der Waals surface area contributed by atoms with Crippen molar-refractivity contribution in [2.45, 2.75) is 96.8 Å². The number of carbonyl (C=O) groups excluding carboxylic acids is 2. The number of ether oxygens (including phenoxy) is 2. The Morgan fingerprint density at radius 3 is 1.61 bits per heavy atom. The molecule has 0 spiro atoms. The number of unbranched alkanes of at least 4 members (excludes halogenated alkanes) is 10. The highest BCUT2D eigenvalue weighted by molar-refractivity contribution is 5.86. The van der Waals surface area contributed by atoms with Crippen molar-refractivity contribution in [2.24, 2.45) is 0 Å². The molecule has 0 aliphatic carbocycles. The molecule has 162 valence electrons. The van der Waals surface area contributed by atoms with Gasteiger partial charge < -0.3 is 14.6 Å². The second kappa shape index (κ2) is 18.5. The van der Waals surface area contributed by atoms with E-state index >= 15 is 0 Å². The SMILES string of the molecule is C=C(C)C(=O)OCCCCCCOC(=O)CCCCCCCCCCC(=O)O. The minimum absolute atomic E-state index is 0.121. The molecule has 0 aromatic carbocycles. The Labute approximate surface area is 169 Å². The van der Waals surface area contributed by atoms with Gasteiger partial charge >= 0.3 is 17.9 Å². The molecule has 6 nitrogen and oxygen atoms in total. The Morgan fingerprint density at radius 2 is 1.11 bits per heavy atom. The Hall–Kier alpha value is -1.85. The number of esters is 2. The highest BCUT2D eigenvalue weighted by atomic mass is 16.5. The van der Waals surface area contributed by atoms with Gasteiger partial charge in [0.15, 0.2) is 0 Å². The quantitative estimate of drug-likeness (QED) is 0.183. The number of rotatable bonds is 19. The summed E-state index contributed by atoms with van der Waals surface area (Å²) in [6, 6.07) is 0. The van der Waals surface area contributed by atoms with Crippen LogP contribution in [0.2, 0.25) is 0 Å². The molecule has 0 radical (unpaired) electrons. The molecule has 0 aliphatic rings. The van der Waals surface area contributed by atoms with Crippen molar-refractivity contribution in [1.82, 2.24) is 0 Å². The van der Waals surface area contributed by atoms with Crippen molar-refractivity contribution < 1.29 is 29.0 Å². The second-order valence-electron chi connectivity index (χ2n) is 7.27. The average molecular weight is 399 g/mol. The topological polar surface area (TPSA) is 89.9 Å². The van der Waals surface area contributed by atoms with Crippen LogP contribution in [0.1, 0.15) is 96.8 Å². The normalized spacial score (nSPS) is 10.5. The summed E-state index contributed by atoms with van der Waals surface area (Å²) in [5.74, 6) is -1.18. The minimum Gasteiger partial charge on any atom is -0.481 e. The number of hydrogen-bond donors (Lipinski definition) is 1. The van der Waals surface area contributed by atoms with E-state index in [1.807, 2.05) is 0 Å². The number of carboxylic acid groups (broad SMARTS) is 1. The van der Waals surface area contributed by atoms with Crippen molar-refractivity contribution in [3.05, 3.63) is 12.2 Å². The molecule has 0 aliphatic heterocycles. The van der Waals surface area contributed by atoms with Crippen molar-refractivity contribution in [1.29, 1.82) is 0 Å². The van der Waals surface area contributed by atoms with E-state index in [-0.39, 0.29) is 18.4 Å². The molecule has 0 fully saturated rings.